The molecule has 1 aliphatic rings. The number of aryl methyl sites for hydroxylation is 1. The lowest BCUT2D eigenvalue weighted by molar-refractivity contribution is 0.243. The largest absolute Gasteiger partial charge is 0.317 e. The fraction of sp³-hybridized carbons (Fsp3) is 0.625. The molecule has 2 rings (SSSR count). The molecule has 22 heavy (non-hydrogen) atoms. The van der Waals surface area contributed by atoms with Gasteiger partial charge in [-0.1, -0.05) is 17.7 Å². The van der Waals surface area contributed by atoms with E-state index < -0.39 is 10.0 Å². The zero-order chi connectivity index (χ0) is 16.0. The molecule has 124 valence electrons. The Morgan fingerprint density at radius 1 is 1.23 bits per heavy atom. The van der Waals surface area contributed by atoms with Crippen LogP contribution in [-0.4, -0.2) is 53.1 Å². The van der Waals surface area contributed by atoms with E-state index in [1.165, 1.54) is 12.8 Å². The maximum absolute atomic E-state index is 12.2. The number of piperidine rings is 1. The van der Waals surface area contributed by atoms with Gasteiger partial charge in [-0.2, -0.15) is 0 Å². The summed E-state index contributed by atoms with van der Waals surface area (Å²) in [5.41, 5.74) is 1.06. The molecule has 1 saturated heterocycles. The highest BCUT2D eigenvalue weighted by atomic mass is 32.2. The smallest absolute Gasteiger partial charge is 0.240 e. The van der Waals surface area contributed by atoms with Crippen LogP contribution in [-0.2, 0) is 10.0 Å². The van der Waals surface area contributed by atoms with E-state index in [0.29, 0.717) is 11.4 Å². The normalized spacial score (nSPS) is 17.0. The van der Waals surface area contributed by atoms with Gasteiger partial charge in [0.1, 0.15) is 0 Å². The molecule has 1 fully saturated rings. The minimum absolute atomic E-state index is 0.333. The molecular weight excluding hydrogens is 298 g/mol. The molecule has 0 unspecified atom stereocenters. The van der Waals surface area contributed by atoms with Crippen molar-refractivity contribution in [2.75, 3.05) is 39.8 Å². The van der Waals surface area contributed by atoms with Gasteiger partial charge in [-0.25, -0.2) is 13.1 Å². The summed E-state index contributed by atoms with van der Waals surface area (Å²) in [6, 6.07) is 6.93. The van der Waals surface area contributed by atoms with Gasteiger partial charge in [0.2, 0.25) is 10.0 Å². The van der Waals surface area contributed by atoms with Gasteiger partial charge < -0.3 is 10.2 Å². The van der Waals surface area contributed by atoms with Gasteiger partial charge in [0.05, 0.1) is 4.90 Å². The lowest BCUT2D eigenvalue weighted by Gasteiger charge is -2.27. The summed E-state index contributed by atoms with van der Waals surface area (Å²) < 4.78 is 27.0. The van der Waals surface area contributed by atoms with Crippen molar-refractivity contribution < 1.29 is 8.42 Å². The second-order valence-corrected chi connectivity index (χ2v) is 7.93. The first-order chi connectivity index (χ1) is 10.5. The molecule has 1 aliphatic heterocycles. The molecule has 1 aromatic rings. The topological polar surface area (TPSA) is 61.4 Å². The molecule has 0 aromatic heterocycles. The van der Waals surface area contributed by atoms with E-state index in [1.807, 2.05) is 19.1 Å². The third-order valence-corrected chi connectivity index (χ3v) is 5.62. The Hall–Kier alpha value is -0.950. The molecule has 0 atom stereocenters. The summed E-state index contributed by atoms with van der Waals surface area (Å²) >= 11 is 0. The summed E-state index contributed by atoms with van der Waals surface area (Å²) in [7, 11) is -1.33. The quantitative estimate of drug-likeness (QED) is 0.791. The first-order valence-corrected chi connectivity index (χ1v) is 9.41. The number of sulfonamides is 1. The Bertz CT molecular complexity index is 551. The first-order valence-electron chi connectivity index (χ1n) is 7.93. The molecule has 2 N–H and O–H groups in total. The van der Waals surface area contributed by atoms with Crippen LogP contribution in [0.15, 0.2) is 29.2 Å². The summed E-state index contributed by atoms with van der Waals surface area (Å²) in [6.07, 6.45) is 2.42. The standard InChI is InChI=1S/C16H27N3O2S/c1-14-3-5-16(6-4-14)22(20,21)18-11-12-19(2)13-15-7-9-17-10-8-15/h3-6,15,17-18H,7-13H2,1-2H3. The highest BCUT2D eigenvalue weighted by Crippen LogP contribution is 2.12. The predicted octanol–water partition coefficient (Wildman–Crippen LogP) is 1.20. The maximum Gasteiger partial charge on any atom is 0.240 e. The number of benzene rings is 1. The van der Waals surface area contributed by atoms with E-state index in [-0.39, 0.29) is 0 Å². The SMILES string of the molecule is Cc1ccc(S(=O)(=O)NCCN(C)CC2CCNCC2)cc1. The van der Waals surface area contributed by atoms with E-state index in [4.69, 9.17) is 0 Å². The zero-order valence-electron chi connectivity index (χ0n) is 13.5. The van der Waals surface area contributed by atoms with Gasteiger partial charge in [0.25, 0.3) is 0 Å². The average molecular weight is 325 g/mol. The monoisotopic (exact) mass is 325 g/mol. The molecule has 1 aromatic carbocycles. The molecule has 0 spiro atoms. The van der Waals surface area contributed by atoms with Crippen LogP contribution >= 0.6 is 0 Å². The summed E-state index contributed by atoms with van der Waals surface area (Å²) in [5, 5.41) is 3.36. The third kappa shape index (κ3) is 5.35. The van der Waals surface area contributed by atoms with E-state index in [9.17, 15) is 8.42 Å². The molecule has 0 amide bonds. The van der Waals surface area contributed by atoms with Crippen LogP contribution < -0.4 is 10.0 Å². The van der Waals surface area contributed by atoms with Gasteiger partial charge in [-0.15, -0.1) is 0 Å². The molecule has 6 heteroatoms. The minimum Gasteiger partial charge on any atom is -0.317 e. The van der Waals surface area contributed by atoms with Crippen LogP contribution in [0.25, 0.3) is 0 Å². The Morgan fingerprint density at radius 2 is 1.86 bits per heavy atom. The highest BCUT2D eigenvalue weighted by molar-refractivity contribution is 7.89. The number of likely N-dealkylation sites (N-methyl/N-ethyl adjacent to an activating group) is 1. The van der Waals surface area contributed by atoms with Crippen molar-refractivity contribution in [1.82, 2.24) is 14.9 Å². The zero-order valence-corrected chi connectivity index (χ0v) is 14.3. The highest BCUT2D eigenvalue weighted by Gasteiger charge is 2.16. The Balaban J connectivity index is 1.75. The number of rotatable bonds is 7. The molecule has 5 nitrogen and oxygen atoms in total. The van der Waals surface area contributed by atoms with Gasteiger partial charge in [-0.05, 0) is 58.0 Å². The second kappa shape index (κ2) is 8.06. The fourth-order valence-electron chi connectivity index (χ4n) is 2.77. The minimum atomic E-state index is -3.39. The van der Waals surface area contributed by atoms with Crippen LogP contribution in [0.1, 0.15) is 18.4 Å². The number of hydrogen-bond acceptors (Lipinski definition) is 4. The second-order valence-electron chi connectivity index (χ2n) is 6.17. The maximum atomic E-state index is 12.2. The Labute approximate surface area is 134 Å². The lowest BCUT2D eigenvalue weighted by atomic mass is 9.98. The van der Waals surface area contributed by atoms with Gasteiger partial charge in [0.15, 0.2) is 0 Å². The van der Waals surface area contributed by atoms with E-state index in [0.717, 1.165) is 37.7 Å². The number of nitrogens with one attached hydrogen (secondary N) is 2. The molecule has 0 bridgehead atoms. The summed E-state index contributed by atoms with van der Waals surface area (Å²) in [5.74, 6) is 0.722. The number of nitrogens with zero attached hydrogens (tertiary/aromatic N) is 1. The third-order valence-electron chi connectivity index (χ3n) is 4.15. The molecular formula is C16H27N3O2S. The van der Waals surface area contributed by atoms with Crippen LogP contribution in [0, 0.1) is 12.8 Å². The molecule has 0 saturated carbocycles. The van der Waals surface area contributed by atoms with Gasteiger partial charge in [0, 0.05) is 19.6 Å². The van der Waals surface area contributed by atoms with Crippen molar-refractivity contribution in [3.8, 4) is 0 Å². The molecule has 0 radical (unpaired) electrons. The fourth-order valence-corrected chi connectivity index (χ4v) is 3.79. The van der Waals surface area contributed by atoms with Crippen molar-refractivity contribution >= 4 is 10.0 Å². The van der Waals surface area contributed by atoms with Crippen LogP contribution in [0.4, 0.5) is 0 Å². The Morgan fingerprint density at radius 3 is 2.50 bits per heavy atom. The van der Waals surface area contributed by atoms with Gasteiger partial charge in [-0.3, -0.25) is 0 Å². The van der Waals surface area contributed by atoms with Crippen molar-refractivity contribution in [3.63, 3.8) is 0 Å². The molecule has 0 aliphatic carbocycles. The predicted molar refractivity (Wildman–Crippen MR) is 89.5 cm³/mol. The van der Waals surface area contributed by atoms with Crippen LogP contribution in [0.3, 0.4) is 0 Å². The van der Waals surface area contributed by atoms with E-state index in [2.05, 4.69) is 22.0 Å². The summed E-state index contributed by atoms with van der Waals surface area (Å²) in [4.78, 5) is 2.55. The van der Waals surface area contributed by atoms with Crippen molar-refractivity contribution in [2.24, 2.45) is 5.92 Å². The van der Waals surface area contributed by atoms with Crippen molar-refractivity contribution in [3.05, 3.63) is 29.8 Å². The average Bonchev–Trinajstić information content (AvgIpc) is 2.48. The van der Waals surface area contributed by atoms with Crippen molar-refractivity contribution in [1.29, 1.82) is 0 Å². The Kier molecular flexibility index (Phi) is 6.37. The first kappa shape index (κ1) is 17.4. The number of hydrogen-bond donors (Lipinski definition) is 2. The summed E-state index contributed by atoms with van der Waals surface area (Å²) in [6.45, 7) is 6.34. The van der Waals surface area contributed by atoms with E-state index >= 15 is 0 Å². The lowest BCUT2D eigenvalue weighted by Crippen LogP contribution is -2.38. The van der Waals surface area contributed by atoms with Gasteiger partial charge >= 0.3 is 0 Å². The van der Waals surface area contributed by atoms with Crippen LogP contribution in [0.2, 0.25) is 0 Å². The molecule has 1 heterocycles. The van der Waals surface area contributed by atoms with Crippen LogP contribution in [0.5, 0.6) is 0 Å². The van der Waals surface area contributed by atoms with Crippen molar-refractivity contribution in [2.45, 2.75) is 24.7 Å². The van der Waals surface area contributed by atoms with E-state index in [1.54, 1.807) is 12.1 Å².